The number of hydrogen-bond acceptors (Lipinski definition) is 8. The van der Waals surface area contributed by atoms with E-state index in [1.165, 1.54) is 6.92 Å². The lowest BCUT2D eigenvalue weighted by Gasteiger charge is -2.57. The number of aliphatic hydroxyl groups excluding tert-OH is 1. The van der Waals surface area contributed by atoms with Crippen LogP contribution in [0.15, 0.2) is 11.6 Å². The van der Waals surface area contributed by atoms with Gasteiger partial charge in [0.05, 0.1) is 11.7 Å². The Labute approximate surface area is 203 Å². The van der Waals surface area contributed by atoms with E-state index in [2.05, 4.69) is 0 Å². The molecule has 0 amide bonds. The number of carboxylic acid groups (broad SMARTS) is 1. The number of rotatable bonds is 2. The highest BCUT2D eigenvalue weighted by Gasteiger charge is 2.74. The maximum Gasteiger partial charge on any atom is 0.331 e. The summed E-state index contributed by atoms with van der Waals surface area (Å²) >= 11 is 0. The van der Waals surface area contributed by atoms with Gasteiger partial charge in [-0.3, -0.25) is 9.59 Å². The fraction of sp³-hybridized carbons (Fsp3) is 0.808. The van der Waals surface area contributed by atoms with E-state index in [9.17, 15) is 29.7 Å². The zero-order chi connectivity index (χ0) is 25.2. The molecule has 2 saturated carbocycles. The van der Waals surface area contributed by atoms with E-state index in [-0.39, 0.29) is 11.5 Å². The predicted molar refractivity (Wildman–Crippen MR) is 118 cm³/mol. The second kappa shape index (κ2) is 7.29. The van der Waals surface area contributed by atoms with Crippen LogP contribution in [0.1, 0.15) is 47.0 Å². The first-order valence-electron chi connectivity index (χ1n) is 12.8. The monoisotopic (exact) mass is 490 g/mol. The molecule has 3 aliphatic carbocycles. The molecule has 192 valence electrons. The van der Waals surface area contributed by atoms with Crippen LogP contribution >= 0.6 is 0 Å². The van der Waals surface area contributed by atoms with Crippen LogP contribution in [0.5, 0.6) is 0 Å². The van der Waals surface area contributed by atoms with Crippen molar-refractivity contribution in [3.63, 3.8) is 0 Å². The van der Waals surface area contributed by atoms with E-state index in [1.54, 1.807) is 6.08 Å². The maximum atomic E-state index is 13.4. The van der Waals surface area contributed by atoms with E-state index >= 15 is 0 Å². The van der Waals surface area contributed by atoms with Crippen LogP contribution in [-0.2, 0) is 28.6 Å². The van der Waals surface area contributed by atoms with Gasteiger partial charge in [0.2, 0.25) is 0 Å². The lowest BCUT2D eigenvalue weighted by atomic mass is 9.59. The molecule has 35 heavy (non-hydrogen) atoms. The molecular formula is C26H34O9. The van der Waals surface area contributed by atoms with Crippen LogP contribution < -0.4 is 0 Å². The smallest absolute Gasteiger partial charge is 0.331 e. The summed E-state index contributed by atoms with van der Waals surface area (Å²) in [5, 5.41) is 33.6. The molecule has 3 bridgehead atoms. The van der Waals surface area contributed by atoms with Crippen LogP contribution in [-0.4, -0.2) is 62.9 Å². The number of carboxylic acids is 1. The molecule has 0 aromatic heterocycles. The first-order valence-corrected chi connectivity index (χ1v) is 12.8. The van der Waals surface area contributed by atoms with Crippen molar-refractivity contribution in [2.75, 3.05) is 0 Å². The van der Waals surface area contributed by atoms with Gasteiger partial charge in [0.1, 0.15) is 18.1 Å². The molecule has 3 saturated heterocycles. The third-order valence-corrected chi connectivity index (χ3v) is 10.6. The molecule has 0 spiro atoms. The van der Waals surface area contributed by atoms with Crippen LogP contribution in [0.4, 0.5) is 0 Å². The Balaban J connectivity index is 1.52. The van der Waals surface area contributed by atoms with Crippen molar-refractivity contribution < 1.29 is 43.9 Å². The maximum absolute atomic E-state index is 13.4. The molecule has 5 fully saturated rings. The third kappa shape index (κ3) is 2.89. The summed E-state index contributed by atoms with van der Waals surface area (Å²) in [6, 6.07) is 0. The fourth-order valence-corrected chi connectivity index (χ4v) is 9.12. The van der Waals surface area contributed by atoms with Crippen molar-refractivity contribution in [1.82, 2.24) is 0 Å². The fourth-order valence-electron chi connectivity index (χ4n) is 9.12. The van der Waals surface area contributed by atoms with Crippen molar-refractivity contribution in [3.8, 4) is 0 Å². The van der Waals surface area contributed by atoms with Crippen molar-refractivity contribution in [2.24, 2.45) is 53.3 Å². The van der Waals surface area contributed by atoms with Gasteiger partial charge in [0.25, 0.3) is 0 Å². The van der Waals surface area contributed by atoms with E-state index in [0.29, 0.717) is 19.3 Å². The van der Waals surface area contributed by atoms with Gasteiger partial charge in [0.15, 0.2) is 5.79 Å². The van der Waals surface area contributed by atoms with Crippen LogP contribution in [0.25, 0.3) is 0 Å². The second-order valence-electron chi connectivity index (χ2n) is 12.1. The molecule has 9 heteroatoms. The number of carbonyl (C=O) groups is 3. The van der Waals surface area contributed by atoms with Gasteiger partial charge in [-0.2, -0.15) is 0 Å². The lowest BCUT2D eigenvalue weighted by Crippen LogP contribution is -2.68. The Morgan fingerprint density at radius 1 is 1.20 bits per heavy atom. The van der Waals surface area contributed by atoms with Gasteiger partial charge in [-0.1, -0.05) is 19.9 Å². The first-order chi connectivity index (χ1) is 16.4. The predicted octanol–water partition coefficient (Wildman–Crippen LogP) is 1.50. The Morgan fingerprint density at radius 2 is 1.91 bits per heavy atom. The molecule has 0 unspecified atom stereocenters. The molecule has 3 N–H and O–H groups in total. The van der Waals surface area contributed by atoms with E-state index < -0.39 is 95.0 Å². The first kappa shape index (κ1) is 23.4. The van der Waals surface area contributed by atoms with Gasteiger partial charge >= 0.3 is 17.9 Å². The summed E-state index contributed by atoms with van der Waals surface area (Å²) in [5.74, 6) is -7.87. The van der Waals surface area contributed by atoms with Gasteiger partial charge in [-0.15, -0.1) is 0 Å². The molecule has 0 aromatic rings. The zero-order valence-corrected chi connectivity index (χ0v) is 20.4. The molecule has 3 aliphatic heterocycles. The molecular weight excluding hydrogens is 456 g/mol. The third-order valence-electron chi connectivity index (χ3n) is 10.6. The van der Waals surface area contributed by atoms with Crippen molar-refractivity contribution in [1.29, 1.82) is 0 Å². The number of ether oxygens (including phenoxy) is 3. The molecule has 0 aromatic carbocycles. The minimum Gasteiger partial charge on any atom is -0.478 e. The Bertz CT molecular complexity index is 1020. The Hall–Kier alpha value is -1.97. The summed E-state index contributed by atoms with van der Waals surface area (Å²) in [4.78, 5) is 37.8. The number of aliphatic carboxylic acids is 1. The lowest BCUT2D eigenvalue weighted by molar-refractivity contribution is -0.369. The highest BCUT2D eigenvalue weighted by Crippen LogP contribution is 2.68. The molecule has 14 atom stereocenters. The standard InChI is InChI=1S/C26H34O9/c1-9-21(28)18-14(22(9)33-11(3)27)7-13(23(29)30)12-8-15-19(17(12)18)20-24(31)34-16-5-6-25(15,4)35-26(20,32)10(16)2/h7,9-10,12,14-22,28,32H,5-6,8H2,1-4H3,(H,29,30)/t9-,10-,12-,14+,15-,16-,17+,18+,19-,20+,21-,22+,25+,26+/m1/s1. The zero-order valence-electron chi connectivity index (χ0n) is 20.4. The van der Waals surface area contributed by atoms with Crippen LogP contribution in [0.3, 0.4) is 0 Å². The van der Waals surface area contributed by atoms with E-state index in [1.807, 2.05) is 20.8 Å². The largest absolute Gasteiger partial charge is 0.478 e. The van der Waals surface area contributed by atoms with Crippen LogP contribution in [0.2, 0.25) is 0 Å². The summed E-state index contributed by atoms with van der Waals surface area (Å²) in [5.41, 5.74) is -0.518. The Morgan fingerprint density at radius 3 is 2.57 bits per heavy atom. The highest BCUT2D eigenvalue weighted by atomic mass is 16.7. The molecule has 0 radical (unpaired) electrons. The minimum atomic E-state index is -1.72. The van der Waals surface area contributed by atoms with E-state index in [4.69, 9.17) is 14.2 Å². The van der Waals surface area contributed by atoms with Crippen molar-refractivity contribution >= 4 is 17.9 Å². The molecule has 9 nitrogen and oxygen atoms in total. The number of esters is 2. The summed E-state index contributed by atoms with van der Waals surface area (Å²) < 4.78 is 17.9. The summed E-state index contributed by atoms with van der Waals surface area (Å²) in [6.45, 7) is 6.93. The minimum absolute atomic E-state index is 0.184. The quantitative estimate of drug-likeness (QED) is 0.491. The molecule has 3 heterocycles. The summed E-state index contributed by atoms with van der Waals surface area (Å²) in [7, 11) is 0. The highest BCUT2D eigenvalue weighted by molar-refractivity contribution is 5.88. The topological polar surface area (TPSA) is 140 Å². The number of hydrogen-bond donors (Lipinski definition) is 3. The summed E-state index contributed by atoms with van der Waals surface area (Å²) in [6.07, 6.45) is 1.38. The SMILES string of the molecule is CC(=O)O[C@H]1[C@H](C)[C@@H](O)[C@H]2[C@@H]1C=C(C(=O)O)[C@H]1C[C@@H]3[C@H]([C@H]21)[C@H]1C(=O)O[C@@H]2CC[C@]3(C)O[C@@]1(O)[C@@H]2C. The van der Waals surface area contributed by atoms with Gasteiger partial charge in [-0.05, 0) is 55.8 Å². The van der Waals surface area contributed by atoms with Crippen molar-refractivity contribution in [3.05, 3.63) is 11.6 Å². The van der Waals surface area contributed by atoms with E-state index in [0.717, 1.165) is 0 Å². The van der Waals surface area contributed by atoms with Crippen LogP contribution in [0, 0.1) is 53.3 Å². The Kier molecular flexibility index (Phi) is 4.88. The number of fused-ring (bicyclic) bond motifs is 9. The van der Waals surface area contributed by atoms with Gasteiger partial charge in [-0.25, -0.2) is 4.79 Å². The second-order valence-corrected chi connectivity index (χ2v) is 12.1. The normalized spacial score (nSPS) is 55.7. The van der Waals surface area contributed by atoms with Gasteiger partial charge in [0, 0.05) is 30.3 Å². The average molecular weight is 491 g/mol. The number of aliphatic hydroxyl groups is 2. The van der Waals surface area contributed by atoms with Crippen molar-refractivity contribution in [2.45, 2.75) is 76.7 Å². The average Bonchev–Trinajstić information content (AvgIpc) is 3.26. The van der Waals surface area contributed by atoms with Gasteiger partial charge < -0.3 is 29.5 Å². The number of carbonyl (C=O) groups excluding carboxylic acids is 2. The molecule has 6 aliphatic rings. The molecule has 6 rings (SSSR count).